The molecule has 1 aromatic rings. The van der Waals surface area contributed by atoms with Gasteiger partial charge in [-0.05, 0) is 64.3 Å². The number of ether oxygens (including phenoxy) is 1. The highest BCUT2D eigenvalue weighted by atomic mass is 32.1. The lowest BCUT2D eigenvalue weighted by atomic mass is 9.90. The molecular formula is C18H30N2O2S. The topological polar surface area (TPSA) is 50.4 Å². The van der Waals surface area contributed by atoms with Gasteiger partial charge in [-0.2, -0.15) is 0 Å². The molecule has 0 saturated heterocycles. The van der Waals surface area contributed by atoms with Gasteiger partial charge in [0.25, 0.3) is 0 Å². The molecule has 130 valence electrons. The van der Waals surface area contributed by atoms with Crippen molar-refractivity contribution >= 4 is 17.4 Å². The Labute approximate surface area is 144 Å². The highest BCUT2D eigenvalue weighted by Crippen LogP contribution is 2.26. The van der Waals surface area contributed by atoms with E-state index in [9.17, 15) is 4.79 Å². The number of thiophene rings is 1. The van der Waals surface area contributed by atoms with Crippen LogP contribution < -0.4 is 10.6 Å². The molecule has 0 bridgehead atoms. The summed E-state index contributed by atoms with van der Waals surface area (Å²) < 4.78 is 5.37. The normalized spacial score (nSPS) is 23.3. The van der Waals surface area contributed by atoms with Gasteiger partial charge in [-0.25, -0.2) is 4.79 Å². The molecular weight excluding hydrogens is 308 g/mol. The summed E-state index contributed by atoms with van der Waals surface area (Å²) in [4.78, 5) is 13.3. The van der Waals surface area contributed by atoms with Crippen molar-refractivity contribution in [2.45, 2.75) is 83.5 Å². The Morgan fingerprint density at radius 1 is 1.39 bits per heavy atom. The molecule has 0 radical (unpaired) electrons. The van der Waals surface area contributed by atoms with Crippen molar-refractivity contribution in [3.8, 4) is 0 Å². The van der Waals surface area contributed by atoms with Crippen LogP contribution >= 0.6 is 11.3 Å². The third kappa shape index (κ3) is 6.15. The Balaban J connectivity index is 1.84. The molecule has 5 heteroatoms. The standard InChI is InChI=1S/C18H30N2O2S/c1-5-15(16-10-7-11-23-16)19-13-8-6-9-14(12-13)20-17(21)22-18(2,3)4/h7,10-11,13-15,19H,5-6,8-9,12H2,1-4H3,(H,20,21). The van der Waals surface area contributed by atoms with Gasteiger partial charge in [0.15, 0.2) is 0 Å². The SMILES string of the molecule is CCC(NC1CCCC(NC(=O)OC(C)(C)C)C1)c1cccs1. The van der Waals surface area contributed by atoms with Gasteiger partial charge >= 0.3 is 6.09 Å². The van der Waals surface area contributed by atoms with Crippen molar-refractivity contribution in [3.63, 3.8) is 0 Å². The summed E-state index contributed by atoms with van der Waals surface area (Å²) in [5, 5.41) is 8.94. The van der Waals surface area contributed by atoms with Crippen LogP contribution in [-0.2, 0) is 4.74 Å². The molecule has 1 saturated carbocycles. The van der Waals surface area contributed by atoms with Gasteiger partial charge in [-0.3, -0.25) is 0 Å². The zero-order valence-corrected chi connectivity index (χ0v) is 15.5. The van der Waals surface area contributed by atoms with Crippen LogP contribution in [-0.4, -0.2) is 23.8 Å². The summed E-state index contributed by atoms with van der Waals surface area (Å²) in [5.41, 5.74) is -0.442. The summed E-state index contributed by atoms with van der Waals surface area (Å²) in [7, 11) is 0. The van der Waals surface area contributed by atoms with Gasteiger partial charge in [0.1, 0.15) is 5.60 Å². The monoisotopic (exact) mass is 338 g/mol. The van der Waals surface area contributed by atoms with E-state index in [2.05, 4.69) is 35.1 Å². The van der Waals surface area contributed by atoms with Crippen LogP contribution in [0.25, 0.3) is 0 Å². The lowest BCUT2D eigenvalue weighted by Gasteiger charge is -2.33. The van der Waals surface area contributed by atoms with Gasteiger partial charge in [-0.1, -0.05) is 13.0 Å². The van der Waals surface area contributed by atoms with Gasteiger partial charge < -0.3 is 15.4 Å². The molecule has 1 aliphatic carbocycles. The Bertz CT molecular complexity index is 482. The summed E-state index contributed by atoms with van der Waals surface area (Å²) >= 11 is 1.81. The second kappa shape index (κ2) is 8.15. The van der Waals surface area contributed by atoms with Crippen LogP contribution in [0.4, 0.5) is 4.79 Å². The minimum atomic E-state index is -0.442. The third-order valence-corrected chi connectivity index (χ3v) is 5.11. The number of amides is 1. The second-order valence-corrected chi connectivity index (χ2v) is 8.33. The summed E-state index contributed by atoms with van der Waals surface area (Å²) in [6.07, 6.45) is 5.11. The number of hydrogen-bond donors (Lipinski definition) is 2. The largest absolute Gasteiger partial charge is 0.444 e. The predicted octanol–water partition coefficient (Wildman–Crippen LogP) is 4.62. The van der Waals surface area contributed by atoms with Crippen molar-refractivity contribution in [3.05, 3.63) is 22.4 Å². The molecule has 0 aliphatic heterocycles. The van der Waals surface area contributed by atoms with Gasteiger partial charge in [0, 0.05) is 23.0 Å². The third-order valence-electron chi connectivity index (χ3n) is 4.13. The number of alkyl carbamates (subject to hydrolysis) is 1. The van der Waals surface area contributed by atoms with E-state index < -0.39 is 5.60 Å². The van der Waals surface area contributed by atoms with Gasteiger partial charge in [-0.15, -0.1) is 11.3 Å². The number of carbonyl (C=O) groups is 1. The minimum absolute atomic E-state index is 0.206. The maximum absolute atomic E-state index is 11.9. The second-order valence-electron chi connectivity index (χ2n) is 7.35. The molecule has 0 spiro atoms. The lowest BCUT2D eigenvalue weighted by molar-refractivity contribution is 0.0488. The number of nitrogens with one attached hydrogen (secondary N) is 2. The molecule has 1 fully saturated rings. The molecule has 0 aromatic carbocycles. The highest BCUT2D eigenvalue weighted by molar-refractivity contribution is 7.10. The fourth-order valence-electron chi connectivity index (χ4n) is 3.12. The Kier molecular flexibility index (Phi) is 6.48. The first-order valence-corrected chi connectivity index (χ1v) is 9.54. The van der Waals surface area contributed by atoms with E-state index in [4.69, 9.17) is 4.74 Å². The number of carbonyl (C=O) groups excluding carboxylic acids is 1. The molecule has 3 atom stereocenters. The van der Waals surface area contributed by atoms with E-state index in [-0.39, 0.29) is 12.1 Å². The molecule has 3 unspecified atom stereocenters. The van der Waals surface area contributed by atoms with Crippen LogP contribution in [0, 0.1) is 0 Å². The number of hydrogen-bond acceptors (Lipinski definition) is 4. The molecule has 1 aliphatic rings. The van der Waals surface area contributed by atoms with E-state index in [1.807, 2.05) is 32.1 Å². The maximum Gasteiger partial charge on any atom is 0.407 e. The first-order valence-electron chi connectivity index (χ1n) is 8.66. The van der Waals surface area contributed by atoms with Crippen molar-refractivity contribution in [2.75, 3.05) is 0 Å². The van der Waals surface area contributed by atoms with E-state index in [1.165, 1.54) is 11.3 Å². The fourth-order valence-corrected chi connectivity index (χ4v) is 3.99. The Morgan fingerprint density at radius 2 is 2.13 bits per heavy atom. The van der Waals surface area contributed by atoms with E-state index in [0.717, 1.165) is 25.7 Å². The average Bonchev–Trinajstić information content (AvgIpc) is 2.97. The summed E-state index contributed by atoms with van der Waals surface area (Å²) in [6, 6.07) is 5.39. The highest BCUT2D eigenvalue weighted by Gasteiger charge is 2.27. The predicted molar refractivity (Wildman–Crippen MR) is 95.9 cm³/mol. The Morgan fingerprint density at radius 3 is 2.74 bits per heavy atom. The summed E-state index contributed by atoms with van der Waals surface area (Å²) in [6.45, 7) is 7.90. The number of rotatable bonds is 5. The van der Waals surface area contributed by atoms with Crippen molar-refractivity contribution < 1.29 is 9.53 Å². The molecule has 23 heavy (non-hydrogen) atoms. The average molecular weight is 339 g/mol. The van der Waals surface area contributed by atoms with Crippen LogP contribution in [0.2, 0.25) is 0 Å². The molecule has 1 amide bonds. The van der Waals surface area contributed by atoms with Crippen molar-refractivity contribution in [2.24, 2.45) is 0 Å². The van der Waals surface area contributed by atoms with Gasteiger partial charge in [0.05, 0.1) is 0 Å². The zero-order chi connectivity index (χ0) is 16.9. The first-order chi connectivity index (χ1) is 10.9. The Hall–Kier alpha value is -1.07. The van der Waals surface area contributed by atoms with Crippen LogP contribution in [0.15, 0.2) is 17.5 Å². The molecule has 1 heterocycles. The van der Waals surface area contributed by atoms with E-state index in [1.54, 1.807) is 0 Å². The molecule has 1 aromatic heterocycles. The molecule has 2 rings (SSSR count). The smallest absolute Gasteiger partial charge is 0.407 e. The van der Waals surface area contributed by atoms with Crippen molar-refractivity contribution in [1.82, 2.24) is 10.6 Å². The fraction of sp³-hybridized carbons (Fsp3) is 0.722. The molecule has 4 nitrogen and oxygen atoms in total. The van der Waals surface area contributed by atoms with Crippen LogP contribution in [0.1, 0.15) is 70.7 Å². The maximum atomic E-state index is 11.9. The minimum Gasteiger partial charge on any atom is -0.444 e. The van der Waals surface area contributed by atoms with Gasteiger partial charge in [0.2, 0.25) is 0 Å². The molecule has 2 N–H and O–H groups in total. The van der Waals surface area contributed by atoms with Crippen LogP contribution in [0.3, 0.4) is 0 Å². The van der Waals surface area contributed by atoms with E-state index >= 15 is 0 Å². The zero-order valence-electron chi connectivity index (χ0n) is 14.7. The lowest BCUT2D eigenvalue weighted by Crippen LogP contribution is -2.46. The van der Waals surface area contributed by atoms with E-state index in [0.29, 0.717) is 12.1 Å². The van der Waals surface area contributed by atoms with Crippen LogP contribution in [0.5, 0.6) is 0 Å². The first kappa shape index (κ1) is 18.3. The quantitative estimate of drug-likeness (QED) is 0.823. The summed E-state index contributed by atoms with van der Waals surface area (Å²) in [5.74, 6) is 0. The van der Waals surface area contributed by atoms with Crippen molar-refractivity contribution in [1.29, 1.82) is 0 Å².